The van der Waals surface area contributed by atoms with Crippen LogP contribution in [0.4, 0.5) is 11.4 Å². The van der Waals surface area contributed by atoms with Crippen LogP contribution in [0.25, 0.3) is 0 Å². The van der Waals surface area contributed by atoms with Crippen molar-refractivity contribution in [2.75, 3.05) is 10.6 Å². The summed E-state index contributed by atoms with van der Waals surface area (Å²) in [5.74, 6) is -0.235. The molecule has 5 heteroatoms. The summed E-state index contributed by atoms with van der Waals surface area (Å²) in [6, 6.07) is 14.2. The topological polar surface area (TPSA) is 71.3 Å². The predicted octanol–water partition coefficient (Wildman–Crippen LogP) is 4.71. The number of benzene rings is 2. The Labute approximate surface area is 152 Å². The maximum atomic E-state index is 12.4. The van der Waals surface area contributed by atoms with Crippen LogP contribution < -0.4 is 10.6 Å². The highest BCUT2D eigenvalue weighted by molar-refractivity contribution is 6.05. The smallest absolute Gasteiger partial charge is 0.291 e. The van der Waals surface area contributed by atoms with E-state index < -0.39 is 0 Å². The van der Waals surface area contributed by atoms with Crippen LogP contribution in [0.5, 0.6) is 0 Å². The number of furan rings is 1. The summed E-state index contributed by atoms with van der Waals surface area (Å²) >= 11 is 0. The molecule has 0 fully saturated rings. The number of hydrogen-bond donors (Lipinski definition) is 2. The van der Waals surface area contributed by atoms with E-state index in [2.05, 4.69) is 10.6 Å². The molecule has 26 heavy (non-hydrogen) atoms. The number of hydrogen-bond acceptors (Lipinski definition) is 3. The molecule has 0 aliphatic rings. The zero-order valence-corrected chi connectivity index (χ0v) is 14.9. The second-order valence-corrected chi connectivity index (χ2v) is 6.21. The Morgan fingerprint density at radius 3 is 2.27 bits per heavy atom. The van der Waals surface area contributed by atoms with Gasteiger partial charge in [0.15, 0.2) is 5.76 Å². The molecule has 2 aromatic carbocycles. The normalized spacial score (nSPS) is 10.4. The average molecular weight is 348 g/mol. The summed E-state index contributed by atoms with van der Waals surface area (Å²) in [7, 11) is 0. The lowest BCUT2D eigenvalue weighted by atomic mass is 10.1. The molecule has 2 amide bonds. The van der Waals surface area contributed by atoms with Gasteiger partial charge in [0, 0.05) is 16.9 Å². The highest BCUT2D eigenvalue weighted by Crippen LogP contribution is 2.21. The number of carbonyl (C=O) groups excluding carboxylic acids is 2. The van der Waals surface area contributed by atoms with Gasteiger partial charge in [-0.15, -0.1) is 0 Å². The monoisotopic (exact) mass is 348 g/mol. The third-order valence-electron chi connectivity index (χ3n) is 4.25. The lowest BCUT2D eigenvalue weighted by Gasteiger charge is -2.11. The lowest BCUT2D eigenvalue weighted by molar-refractivity contribution is 0.0994. The van der Waals surface area contributed by atoms with E-state index >= 15 is 0 Å². The average Bonchev–Trinajstić information content (AvgIpc) is 3.14. The maximum Gasteiger partial charge on any atom is 0.291 e. The molecule has 2 N–H and O–H groups in total. The van der Waals surface area contributed by atoms with Gasteiger partial charge in [0.2, 0.25) is 0 Å². The second kappa shape index (κ2) is 7.27. The molecule has 1 heterocycles. The quantitative estimate of drug-likeness (QED) is 0.717. The Morgan fingerprint density at radius 1 is 0.808 bits per heavy atom. The van der Waals surface area contributed by atoms with Crippen molar-refractivity contribution in [3.63, 3.8) is 0 Å². The first-order valence-electron chi connectivity index (χ1n) is 8.28. The molecule has 0 saturated heterocycles. The summed E-state index contributed by atoms with van der Waals surface area (Å²) in [6.45, 7) is 5.85. The highest BCUT2D eigenvalue weighted by Gasteiger charge is 2.12. The summed E-state index contributed by atoms with van der Waals surface area (Å²) in [5.41, 5.74) is 5.00. The predicted molar refractivity (Wildman–Crippen MR) is 102 cm³/mol. The molecule has 0 aliphatic carbocycles. The number of carbonyl (C=O) groups is 2. The van der Waals surface area contributed by atoms with Crippen molar-refractivity contribution in [3.05, 3.63) is 82.8 Å². The van der Waals surface area contributed by atoms with E-state index in [1.165, 1.54) is 6.26 Å². The van der Waals surface area contributed by atoms with Crippen molar-refractivity contribution in [2.45, 2.75) is 20.8 Å². The largest absolute Gasteiger partial charge is 0.459 e. The van der Waals surface area contributed by atoms with E-state index in [1.807, 2.05) is 45.0 Å². The van der Waals surface area contributed by atoms with Gasteiger partial charge in [-0.1, -0.05) is 6.07 Å². The Bertz CT molecular complexity index is 959. The van der Waals surface area contributed by atoms with Gasteiger partial charge < -0.3 is 15.1 Å². The lowest BCUT2D eigenvalue weighted by Crippen LogP contribution is -2.14. The van der Waals surface area contributed by atoms with E-state index in [-0.39, 0.29) is 17.6 Å². The molecular weight excluding hydrogens is 328 g/mol. The molecule has 0 bridgehead atoms. The fraction of sp³-hybridized carbons (Fsp3) is 0.143. The summed E-state index contributed by atoms with van der Waals surface area (Å²) in [4.78, 5) is 24.5. The minimum Gasteiger partial charge on any atom is -0.459 e. The van der Waals surface area contributed by atoms with Crippen LogP contribution in [0.2, 0.25) is 0 Å². The minimum absolute atomic E-state index is 0.167. The van der Waals surface area contributed by atoms with Gasteiger partial charge in [-0.25, -0.2) is 0 Å². The van der Waals surface area contributed by atoms with Crippen molar-refractivity contribution < 1.29 is 14.0 Å². The van der Waals surface area contributed by atoms with Gasteiger partial charge >= 0.3 is 0 Å². The number of amides is 2. The molecule has 0 atom stereocenters. The maximum absolute atomic E-state index is 12.4. The van der Waals surface area contributed by atoms with E-state index in [1.54, 1.807) is 24.3 Å². The summed E-state index contributed by atoms with van der Waals surface area (Å²) in [5, 5.41) is 5.68. The van der Waals surface area contributed by atoms with Crippen LogP contribution in [0, 0.1) is 20.8 Å². The number of rotatable bonds is 4. The van der Waals surface area contributed by atoms with E-state index in [4.69, 9.17) is 4.42 Å². The zero-order chi connectivity index (χ0) is 18.7. The van der Waals surface area contributed by atoms with Crippen LogP contribution in [-0.4, -0.2) is 11.8 Å². The van der Waals surface area contributed by atoms with Crippen molar-refractivity contribution in [1.82, 2.24) is 0 Å². The number of anilines is 2. The van der Waals surface area contributed by atoms with E-state index in [9.17, 15) is 9.59 Å². The van der Waals surface area contributed by atoms with Gasteiger partial charge in [0.1, 0.15) is 0 Å². The van der Waals surface area contributed by atoms with Crippen LogP contribution >= 0.6 is 0 Å². The first-order valence-corrected chi connectivity index (χ1v) is 8.28. The summed E-state index contributed by atoms with van der Waals surface area (Å²) in [6.07, 6.45) is 1.45. The van der Waals surface area contributed by atoms with Crippen LogP contribution in [0.3, 0.4) is 0 Å². The second-order valence-electron chi connectivity index (χ2n) is 6.21. The SMILES string of the molecule is Cc1ccc(C(=O)Nc2ccc(NC(=O)c3ccco3)c(C)c2)cc1C. The minimum atomic E-state index is -0.315. The number of nitrogens with one attached hydrogen (secondary N) is 2. The molecular formula is C21H20N2O3. The zero-order valence-electron chi connectivity index (χ0n) is 14.9. The Kier molecular flexibility index (Phi) is 4.89. The molecule has 3 rings (SSSR count). The molecule has 132 valence electrons. The molecule has 0 saturated carbocycles. The highest BCUT2D eigenvalue weighted by atomic mass is 16.3. The third-order valence-corrected chi connectivity index (χ3v) is 4.25. The molecule has 5 nitrogen and oxygen atoms in total. The first kappa shape index (κ1) is 17.5. The van der Waals surface area contributed by atoms with Crippen LogP contribution in [0.1, 0.15) is 37.6 Å². The molecule has 0 radical (unpaired) electrons. The first-order chi connectivity index (χ1) is 12.4. The molecule has 1 aromatic heterocycles. The Morgan fingerprint density at radius 2 is 1.62 bits per heavy atom. The van der Waals surface area contributed by atoms with Crippen molar-refractivity contribution >= 4 is 23.2 Å². The van der Waals surface area contributed by atoms with Crippen molar-refractivity contribution in [2.24, 2.45) is 0 Å². The molecule has 3 aromatic rings. The van der Waals surface area contributed by atoms with E-state index in [0.29, 0.717) is 16.9 Å². The van der Waals surface area contributed by atoms with Gasteiger partial charge in [-0.05, 0) is 79.9 Å². The summed E-state index contributed by atoms with van der Waals surface area (Å²) < 4.78 is 5.08. The molecule has 0 spiro atoms. The van der Waals surface area contributed by atoms with Gasteiger partial charge in [-0.2, -0.15) is 0 Å². The fourth-order valence-corrected chi connectivity index (χ4v) is 2.56. The number of aryl methyl sites for hydroxylation is 3. The van der Waals surface area contributed by atoms with Gasteiger partial charge in [0.05, 0.1) is 6.26 Å². The fourth-order valence-electron chi connectivity index (χ4n) is 2.56. The molecule has 0 aliphatic heterocycles. The van der Waals surface area contributed by atoms with Crippen LogP contribution in [-0.2, 0) is 0 Å². The standard InChI is InChI=1S/C21H20N2O3/c1-13-6-7-16(11-14(13)2)20(24)22-17-8-9-18(15(3)12-17)23-21(25)19-5-4-10-26-19/h4-12H,1-3H3,(H,22,24)(H,23,25). The van der Waals surface area contributed by atoms with Gasteiger partial charge in [-0.3, -0.25) is 9.59 Å². The van der Waals surface area contributed by atoms with Crippen molar-refractivity contribution in [3.8, 4) is 0 Å². The Hall–Kier alpha value is -3.34. The Balaban J connectivity index is 1.71. The molecule has 0 unspecified atom stereocenters. The van der Waals surface area contributed by atoms with Crippen LogP contribution in [0.15, 0.2) is 59.2 Å². The van der Waals surface area contributed by atoms with E-state index in [0.717, 1.165) is 16.7 Å². The van der Waals surface area contributed by atoms with Gasteiger partial charge in [0.25, 0.3) is 11.8 Å². The third kappa shape index (κ3) is 3.83. The van der Waals surface area contributed by atoms with Crippen molar-refractivity contribution in [1.29, 1.82) is 0 Å².